The molecule has 0 aliphatic heterocycles. The first-order valence-corrected chi connectivity index (χ1v) is 7.36. The molecule has 108 valence electrons. The molecule has 0 radical (unpaired) electrons. The molecule has 0 saturated carbocycles. The number of carboxylic acids is 1. The van der Waals surface area contributed by atoms with Gasteiger partial charge in [0.05, 0.1) is 17.4 Å². The quantitative estimate of drug-likeness (QED) is 0.640. The van der Waals surface area contributed by atoms with Crippen molar-refractivity contribution < 1.29 is 23.4 Å². The topological polar surface area (TPSA) is 127 Å². The van der Waals surface area contributed by atoms with Crippen molar-refractivity contribution in [2.45, 2.75) is 18.2 Å². The Balaban J connectivity index is 2.83. The fraction of sp³-hybridized carbons (Fsp3) is 0.333. The minimum atomic E-state index is -3.88. The summed E-state index contributed by atoms with van der Waals surface area (Å²) < 4.78 is 25.7. The van der Waals surface area contributed by atoms with Crippen LogP contribution >= 0.6 is 0 Å². The number of nitriles is 1. The first-order valence-electron chi connectivity index (χ1n) is 5.70. The van der Waals surface area contributed by atoms with E-state index in [-0.39, 0.29) is 6.42 Å². The highest BCUT2D eigenvalue weighted by atomic mass is 32.2. The number of aliphatic hydroxyl groups is 1. The third kappa shape index (κ3) is 4.97. The van der Waals surface area contributed by atoms with Crippen molar-refractivity contribution in [1.82, 2.24) is 4.72 Å². The maximum atomic E-state index is 11.9. The Kier molecular flexibility index (Phi) is 5.64. The lowest BCUT2D eigenvalue weighted by Gasteiger charge is -2.13. The van der Waals surface area contributed by atoms with Gasteiger partial charge in [-0.1, -0.05) is 12.1 Å². The Morgan fingerprint density at radius 2 is 2.15 bits per heavy atom. The van der Waals surface area contributed by atoms with E-state index in [0.29, 0.717) is 11.1 Å². The molecule has 0 aliphatic rings. The molecule has 1 rings (SSSR count). The molecular weight excluding hydrogens is 284 g/mol. The van der Waals surface area contributed by atoms with Crippen LogP contribution in [0, 0.1) is 11.3 Å². The first-order chi connectivity index (χ1) is 9.38. The van der Waals surface area contributed by atoms with Gasteiger partial charge in [0, 0.05) is 6.61 Å². The van der Waals surface area contributed by atoms with E-state index < -0.39 is 34.4 Å². The van der Waals surface area contributed by atoms with Crippen LogP contribution in [0.15, 0.2) is 24.3 Å². The lowest BCUT2D eigenvalue weighted by molar-refractivity contribution is -0.139. The van der Waals surface area contributed by atoms with E-state index in [1.54, 1.807) is 6.07 Å². The minimum Gasteiger partial charge on any atom is -0.480 e. The molecule has 0 saturated heterocycles. The summed E-state index contributed by atoms with van der Waals surface area (Å²) in [5.41, 5.74) is 0.701. The Morgan fingerprint density at radius 1 is 1.45 bits per heavy atom. The Hall–Kier alpha value is -1.95. The number of aliphatic carboxylic acids is 1. The van der Waals surface area contributed by atoms with E-state index in [0.717, 1.165) is 0 Å². The number of rotatable bonds is 7. The van der Waals surface area contributed by atoms with E-state index >= 15 is 0 Å². The number of aliphatic hydroxyl groups excluding tert-OH is 1. The van der Waals surface area contributed by atoms with Gasteiger partial charge in [0.15, 0.2) is 0 Å². The molecule has 0 heterocycles. The summed E-state index contributed by atoms with van der Waals surface area (Å²) in [4.78, 5) is 10.8. The van der Waals surface area contributed by atoms with Gasteiger partial charge in [0.25, 0.3) is 0 Å². The SMILES string of the molecule is N#Cc1cccc(CS(=O)(=O)NC(CCO)C(=O)O)c1. The molecular formula is C12H14N2O5S. The van der Waals surface area contributed by atoms with Crippen molar-refractivity contribution in [3.05, 3.63) is 35.4 Å². The summed E-state index contributed by atoms with van der Waals surface area (Å²) in [6.45, 7) is -0.441. The predicted octanol–water partition coefficient (Wildman–Crippen LogP) is -0.187. The molecule has 0 aromatic heterocycles. The molecule has 1 unspecified atom stereocenters. The molecule has 0 bridgehead atoms. The van der Waals surface area contributed by atoms with Gasteiger partial charge in [-0.15, -0.1) is 0 Å². The minimum absolute atomic E-state index is 0.215. The van der Waals surface area contributed by atoms with Gasteiger partial charge in [-0.2, -0.15) is 5.26 Å². The van der Waals surface area contributed by atoms with E-state index in [2.05, 4.69) is 0 Å². The summed E-state index contributed by atoms with van der Waals surface area (Å²) in [6.07, 6.45) is -0.215. The average molecular weight is 298 g/mol. The third-order valence-corrected chi connectivity index (χ3v) is 3.81. The number of nitrogens with one attached hydrogen (secondary N) is 1. The normalized spacial score (nSPS) is 12.6. The standard InChI is InChI=1S/C12H14N2O5S/c13-7-9-2-1-3-10(6-9)8-20(18,19)14-11(4-5-15)12(16)17/h1-3,6,11,14-15H,4-5,8H2,(H,16,17). The van der Waals surface area contributed by atoms with Gasteiger partial charge in [0.1, 0.15) is 6.04 Å². The van der Waals surface area contributed by atoms with Crippen LogP contribution in [-0.2, 0) is 20.6 Å². The number of carboxylic acid groups (broad SMARTS) is 1. The monoisotopic (exact) mass is 298 g/mol. The second-order valence-electron chi connectivity index (χ2n) is 4.09. The van der Waals surface area contributed by atoms with Gasteiger partial charge >= 0.3 is 5.97 Å². The van der Waals surface area contributed by atoms with Gasteiger partial charge < -0.3 is 10.2 Å². The zero-order valence-electron chi connectivity index (χ0n) is 10.5. The number of carbonyl (C=O) groups is 1. The number of benzene rings is 1. The maximum Gasteiger partial charge on any atom is 0.321 e. The highest BCUT2D eigenvalue weighted by Gasteiger charge is 2.23. The average Bonchev–Trinajstić information content (AvgIpc) is 2.37. The van der Waals surface area contributed by atoms with E-state index in [1.165, 1.54) is 18.2 Å². The molecule has 7 nitrogen and oxygen atoms in total. The van der Waals surface area contributed by atoms with Gasteiger partial charge in [-0.3, -0.25) is 4.79 Å². The second kappa shape index (κ2) is 7.00. The second-order valence-corrected chi connectivity index (χ2v) is 5.85. The molecule has 3 N–H and O–H groups in total. The summed E-state index contributed by atoms with van der Waals surface area (Å²) in [5, 5.41) is 26.3. The van der Waals surface area contributed by atoms with E-state index in [9.17, 15) is 13.2 Å². The van der Waals surface area contributed by atoms with E-state index in [4.69, 9.17) is 15.5 Å². The largest absolute Gasteiger partial charge is 0.480 e. The molecule has 0 spiro atoms. The number of sulfonamides is 1. The third-order valence-electron chi connectivity index (χ3n) is 2.45. The van der Waals surface area contributed by atoms with Crippen LogP contribution in [0.2, 0.25) is 0 Å². The molecule has 1 atom stereocenters. The molecule has 20 heavy (non-hydrogen) atoms. The highest BCUT2D eigenvalue weighted by molar-refractivity contribution is 7.88. The Bertz CT molecular complexity index is 621. The van der Waals surface area contributed by atoms with Gasteiger partial charge in [-0.25, -0.2) is 13.1 Å². The molecule has 0 amide bonds. The van der Waals surface area contributed by atoms with Crippen LogP contribution in [-0.4, -0.2) is 37.2 Å². The van der Waals surface area contributed by atoms with Gasteiger partial charge in [0.2, 0.25) is 10.0 Å². The number of hydrogen-bond donors (Lipinski definition) is 3. The summed E-state index contributed by atoms with van der Waals surface area (Å²) in [6, 6.07) is 6.55. The van der Waals surface area contributed by atoms with Crippen molar-refractivity contribution in [3.8, 4) is 6.07 Å². The van der Waals surface area contributed by atoms with Crippen molar-refractivity contribution in [2.75, 3.05) is 6.61 Å². The maximum absolute atomic E-state index is 11.9. The highest BCUT2D eigenvalue weighted by Crippen LogP contribution is 2.09. The molecule has 0 aliphatic carbocycles. The fourth-order valence-corrected chi connectivity index (χ4v) is 2.92. The fourth-order valence-electron chi connectivity index (χ4n) is 1.57. The number of hydrogen-bond acceptors (Lipinski definition) is 5. The lowest BCUT2D eigenvalue weighted by atomic mass is 10.2. The van der Waals surface area contributed by atoms with Crippen molar-refractivity contribution in [2.24, 2.45) is 0 Å². The summed E-state index contributed by atoms with van der Waals surface area (Å²) >= 11 is 0. The zero-order valence-corrected chi connectivity index (χ0v) is 11.3. The Morgan fingerprint density at radius 3 is 2.70 bits per heavy atom. The van der Waals surface area contributed by atoms with Crippen LogP contribution in [0.3, 0.4) is 0 Å². The van der Waals surface area contributed by atoms with Crippen LogP contribution in [0.1, 0.15) is 17.5 Å². The van der Waals surface area contributed by atoms with Crippen molar-refractivity contribution in [3.63, 3.8) is 0 Å². The van der Waals surface area contributed by atoms with Crippen molar-refractivity contribution in [1.29, 1.82) is 5.26 Å². The smallest absolute Gasteiger partial charge is 0.321 e. The predicted molar refractivity (Wildman–Crippen MR) is 70.0 cm³/mol. The molecule has 0 fully saturated rings. The van der Waals surface area contributed by atoms with Crippen LogP contribution in [0.5, 0.6) is 0 Å². The Labute approximate surface area is 116 Å². The lowest BCUT2D eigenvalue weighted by Crippen LogP contribution is -2.41. The number of nitrogens with zero attached hydrogens (tertiary/aromatic N) is 1. The summed E-state index contributed by atoms with van der Waals surface area (Å²) in [5.74, 6) is -1.79. The zero-order chi connectivity index (χ0) is 15.2. The van der Waals surface area contributed by atoms with Crippen LogP contribution in [0.4, 0.5) is 0 Å². The van der Waals surface area contributed by atoms with Crippen LogP contribution in [0.25, 0.3) is 0 Å². The van der Waals surface area contributed by atoms with Crippen molar-refractivity contribution >= 4 is 16.0 Å². The first kappa shape index (κ1) is 16.1. The molecule has 8 heteroatoms. The molecule has 1 aromatic carbocycles. The molecule has 1 aromatic rings. The van der Waals surface area contributed by atoms with Crippen LogP contribution < -0.4 is 4.72 Å². The van der Waals surface area contributed by atoms with E-state index in [1.807, 2.05) is 10.8 Å². The van der Waals surface area contributed by atoms with Gasteiger partial charge in [-0.05, 0) is 24.1 Å². The summed E-state index contributed by atoms with van der Waals surface area (Å²) in [7, 11) is -3.88.